The first-order chi connectivity index (χ1) is 11.6. The first kappa shape index (κ1) is 21.3. The van der Waals surface area contributed by atoms with Gasteiger partial charge >= 0.3 is 0 Å². The lowest BCUT2D eigenvalue weighted by molar-refractivity contribution is -0.127. The van der Waals surface area contributed by atoms with Gasteiger partial charge in [-0.05, 0) is 40.0 Å². The number of rotatable bonds is 8. The number of aliphatic hydroxyl groups is 3. The fourth-order valence-corrected chi connectivity index (χ4v) is 2.97. The van der Waals surface area contributed by atoms with Gasteiger partial charge in [0.1, 0.15) is 16.9 Å². The summed E-state index contributed by atoms with van der Waals surface area (Å²) >= 11 is 0. The van der Waals surface area contributed by atoms with Crippen LogP contribution < -0.4 is 0 Å². The van der Waals surface area contributed by atoms with Crippen LogP contribution in [0.1, 0.15) is 53.9 Å². The first-order valence-corrected chi connectivity index (χ1v) is 8.70. The molecule has 5 nitrogen and oxygen atoms in total. The van der Waals surface area contributed by atoms with Crippen molar-refractivity contribution in [3.63, 3.8) is 0 Å². The van der Waals surface area contributed by atoms with Gasteiger partial charge in [-0.1, -0.05) is 37.1 Å². The second-order valence-electron chi connectivity index (χ2n) is 7.35. The number of hydrogen-bond donors (Lipinski definition) is 3. The van der Waals surface area contributed by atoms with Crippen molar-refractivity contribution in [2.75, 3.05) is 6.61 Å². The van der Waals surface area contributed by atoms with E-state index in [0.717, 1.165) is 11.1 Å². The third-order valence-electron chi connectivity index (χ3n) is 4.59. The molecular weight excluding hydrogens is 320 g/mol. The van der Waals surface area contributed by atoms with Crippen LogP contribution in [0.2, 0.25) is 0 Å². The molecule has 3 N–H and O–H groups in total. The zero-order valence-electron chi connectivity index (χ0n) is 15.8. The molecule has 0 radical (unpaired) electrons. The summed E-state index contributed by atoms with van der Waals surface area (Å²) in [6, 6.07) is 0. The van der Waals surface area contributed by atoms with Crippen LogP contribution in [0.5, 0.6) is 0 Å². The Hall–Kier alpha value is -1.72. The van der Waals surface area contributed by atoms with E-state index in [1.54, 1.807) is 26.8 Å². The molecule has 1 rings (SSSR count). The second-order valence-corrected chi connectivity index (χ2v) is 7.35. The molecule has 0 saturated carbocycles. The molecule has 1 aliphatic rings. The lowest BCUT2D eigenvalue weighted by Gasteiger charge is -2.28. The third kappa shape index (κ3) is 4.67. The second kappa shape index (κ2) is 8.59. The van der Waals surface area contributed by atoms with Crippen molar-refractivity contribution in [3.05, 3.63) is 34.6 Å². The Labute approximate surface area is 149 Å². The lowest BCUT2D eigenvalue weighted by Crippen LogP contribution is -2.38. The van der Waals surface area contributed by atoms with Gasteiger partial charge in [0.2, 0.25) is 0 Å². The van der Waals surface area contributed by atoms with Gasteiger partial charge in [-0.3, -0.25) is 9.59 Å². The van der Waals surface area contributed by atoms with E-state index in [1.165, 1.54) is 0 Å². The fraction of sp³-hybridized carbons (Fsp3) is 0.600. The minimum atomic E-state index is -1.75. The van der Waals surface area contributed by atoms with E-state index in [1.807, 2.05) is 19.9 Å². The van der Waals surface area contributed by atoms with Gasteiger partial charge < -0.3 is 15.3 Å². The topological polar surface area (TPSA) is 94.8 Å². The molecule has 0 heterocycles. The quantitative estimate of drug-likeness (QED) is 0.462. The summed E-state index contributed by atoms with van der Waals surface area (Å²) < 4.78 is 0. The number of carbonyl (C=O) groups is 2. The molecule has 0 amide bonds. The SMILES string of the molecule is CC(C)=CC[C@@H]1C(=O)C(C(=O)C(C)C)=C(O)[C@]1(O)CC/C=C(\C)CO. The molecule has 0 fully saturated rings. The summed E-state index contributed by atoms with van der Waals surface area (Å²) in [6.45, 7) is 8.77. The Morgan fingerprint density at radius 1 is 1.24 bits per heavy atom. The molecular formula is C20H30O5. The summed E-state index contributed by atoms with van der Waals surface area (Å²) in [5.41, 5.74) is -0.271. The number of allylic oxidation sites excluding steroid dienone is 4. The minimum Gasteiger partial charge on any atom is -0.508 e. The highest BCUT2D eigenvalue weighted by molar-refractivity contribution is 6.24. The standard InChI is InChI=1S/C20H30O5/c1-12(2)8-9-15-18(23)16(17(22)13(3)4)19(24)20(15,25)10-6-7-14(5)11-21/h7-8,13,15,21,24-25H,6,9-11H2,1-5H3/b14-7+/t15-,20+/m1/s1. The summed E-state index contributed by atoms with van der Waals surface area (Å²) in [5, 5.41) is 30.7. The van der Waals surface area contributed by atoms with Gasteiger partial charge in [-0.25, -0.2) is 0 Å². The van der Waals surface area contributed by atoms with E-state index in [2.05, 4.69) is 0 Å². The summed E-state index contributed by atoms with van der Waals surface area (Å²) in [5.74, 6) is -2.74. The van der Waals surface area contributed by atoms with E-state index in [4.69, 9.17) is 5.11 Å². The van der Waals surface area contributed by atoms with Gasteiger partial charge in [-0.15, -0.1) is 0 Å². The van der Waals surface area contributed by atoms with Crippen molar-refractivity contribution >= 4 is 11.6 Å². The van der Waals surface area contributed by atoms with E-state index in [0.29, 0.717) is 6.42 Å². The first-order valence-electron chi connectivity index (χ1n) is 8.70. The molecule has 0 aromatic carbocycles. The number of hydrogen-bond acceptors (Lipinski definition) is 5. The molecule has 0 bridgehead atoms. The molecule has 140 valence electrons. The van der Waals surface area contributed by atoms with Gasteiger partial charge in [-0.2, -0.15) is 0 Å². The molecule has 0 aliphatic heterocycles. The molecule has 0 unspecified atom stereocenters. The van der Waals surface area contributed by atoms with Gasteiger partial charge in [0.15, 0.2) is 11.6 Å². The van der Waals surface area contributed by atoms with Gasteiger partial charge in [0.25, 0.3) is 0 Å². The third-order valence-corrected chi connectivity index (χ3v) is 4.59. The van der Waals surface area contributed by atoms with Gasteiger partial charge in [0.05, 0.1) is 12.5 Å². The van der Waals surface area contributed by atoms with Crippen molar-refractivity contribution in [2.45, 2.75) is 59.5 Å². The molecule has 1 aliphatic carbocycles. The van der Waals surface area contributed by atoms with Crippen LogP contribution in [0.15, 0.2) is 34.6 Å². The Bertz CT molecular complexity index is 620. The number of carbonyl (C=O) groups excluding carboxylic acids is 2. The monoisotopic (exact) mass is 350 g/mol. The van der Waals surface area contributed by atoms with Crippen LogP contribution in [0.4, 0.5) is 0 Å². The smallest absolute Gasteiger partial charge is 0.176 e. The number of ketones is 2. The fourth-order valence-electron chi connectivity index (χ4n) is 2.97. The maximum absolute atomic E-state index is 12.8. The van der Waals surface area contributed by atoms with E-state index in [9.17, 15) is 19.8 Å². The summed E-state index contributed by atoms with van der Waals surface area (Å²) in [7, 11) is 0. The Balaban J connectivity index is 3.25. The largest absolute Gasteiger partial charge is 0.508 e. The van der Waals surface area contributed by atoms with Crippen molar-refractivity contribution in [1.82, 2.24) is 0 Å². The average Bonchev–Trinajstić information content (AvgIpc) is 2.71. The van der Waals surface area contributed by atoms with Gasteiger partial charge in [0, 0.05) is 5.92 Å². The Kier molecular flexibility index (Phi) is 7.32. The normalized spacial score (nSPS) is 24.2. The highest BCUT2D eigenvalue weighted by atomic mass is 16.3. The number of aliphatic hydroxyl groups excluding tert-OH is 2. The summed E-state index contributed by atoms with van der Waals surface area (Å²) in [4.78, 5) is 25.1. The maximum Gasteiger partial charge on any atom is 0.176 e. The average molecular weight is 350 g/mol. The Morgan fingerprint density at radius 2 is 1.84 bits per heavy atom. The maximum atomic E-state index is 12.8. The highest BCUT2D eigenvalue weighted by Crippen LogP contribution is 2.43. The molecule has 5 heteroatoms. The Morgan fingerprint density at radius 3 is 2.32 bits per heavy atom. The summed E-state index contributed by atoms with van der Waals surface area (Å²) in [6.07, 6.45) is 4.35. The van der Waals surface area contributed by atoms with Crippen molar-refractivity contribution in [1.29, 1.82) is 0 Å². The molecule has 0 saturated heterocycles. The van der Waals surface area contributed by atoms with Crippen LogP contribution in [-0.4, -0.2) is 39.1 Å². The van der Waals surface area contributed by atoms with E-state index < -0.39 is 34.8 Å². The van der Waals surface area contributed by atoms with Crippen LogP contribution >= 0.6 is 0 Å². The minimum absolute atomic E-state index is 0.0859. The zero-order valence-corrected chi connectivity index (χ0v) is 15.8. The molecule has 25 heavy (non-hydrogen) atoms. The highest BCUT2D eigenvalue weighted by Gasteiger charge is 2.54. The van der Waals surface area contributed by atoms with Crippen molar-refractivity contribution < 1.29 is 24.9 Å². The van der Waals surface area contributed by atoms with Crippen molar-refractivity contribution in [2.24, 2.45) is 11.8 Å². The van der Waals surface area contributed by atoms with E-state index in [-0.39, 0.29) is 25.0 Å². The van der Waals surface area contributed by atoms with Crippen LogP contribution in [-0.2, 0) is 9.59 Å². The van der Waals surface area contributed by atoms with Crippen LogP contribution in [0.3, 0.4) is 0 Å². The molecule has 0 aromatic rings. The van der Waals surface area contributed by atoms with Crippen LogP contribution in [0, 0.1) is 11.8 Å². The lowest BCUT2D eigenvalue weighted by atomic mass is 9.82. The molecule has 0 aromatic heterocycles. The van der Waals surface area contributed by atoms with Crippen molar-refractivity contribution in [3.8, 4) is 0 Å². The predicted octanol–water partition coefficient (Wildman–Crippen LogP) is 3.03. The molecule has 0 spiro atoms. The van der Waals surface area contributed by atoms with Crippen LogP contribution in [0.25, 0.3) is 0 Å². The van der Waals surface area contributed by atoms with E-state index >= 15 is 0 Å². The zero-order chi connectivity index (χ0) is 19.4. The molecule has 2 atom stereocenters. The predicted molar refractivity (Wildman–Crippen MR) is 97.1 cm³/mol. The number of Topliss-reactive ketones (excluding diaryl/α,β-unsaturated/α-hetero) is 2.